The Morgan fingerprint density at radius 3 is 2.40 bits per heavy atom. The van der Waals surface area contributed by atoms with Crippen molar-refractivity contribution >= 4 is 23.7 Å². The van der Waals surface area contributed by atoms with Crippen LogP contribution in [0.2, 0.25) is 0 Å². The average molecular weight is 347 g/mol. The Labute approximate surface area is 146 Å². The topological polar surface area (TPSA) is 83.0 Å². The molecular weight excluding hydrogens is 324 g/mol. The van der Waals surface area contributed by atoms with Crippen molar-refractivity contribution in [1.82, 2.24) is 19.6 Å². The number of nitrogens with zero attached hydrogens (tertiary/aromatic N) is 6. The average Bonchev–Trinajstić information content (AvgIpc) is 3.09. The zero-order valence-electron chi connectivity index (χ0n) is 15.4. The van der Waals surface area contributed by atoms with Gasteiger partial charge >= 0.3 is 12.0 Å². The van der Waals surface area contributed by atoms with E-state index in [-0.39, 0.29) is 5.91 Å². The molecule has 134 valence electrons. The summed E-state index contributed by atoms with van der Waals surface area (Å²) in [5.74, 6) is 0.657. The summed E-state index contributed by atoms with van der Waals surface area (Å²) in [5, 5.41) is 4.56. The molecule has 0 saturated carbocycles. The molecule has 25 heavy (non-hydrogen) atoms. The molecule has 0 spiro atoms. The summed E-state index contributed by atoms with van der Waals surface area (Å²) in [6.07, 6.45) is 0. The Kier molecular flexibility index (Phi) is 4.19. The number of imide groups is 1. The van der Waals surface area contributed by atoms with Gasteiger partial charge in [-0.1, -0.05) is 4.99 Å². The number of amides is 3. The molecule has 1 unspecified atom stereocenters. The summed E-state index contributed by atoms with van der Waals surface area (Å²) in [6.45, 7) is 6.78. The number of carbonyl (C=O) groups is 2. The Hall–Kier alpha value is -2.55. The minimum Gasteiger partial charge on any atom is -0.381 e. The van der Waals surface area contributed by atoms with Crippen LogP contribution in [0.1, 0.15) is 17.0 Å². The lowest BCUT2D eigenvalue weighted by Gasteiger charge is -2.31. The van der Waals surface area contributed by atoms with Crippen LogP contribution in [0.5, 0.6) is 0 Å². The van der Waals surface area contributed by atoms with Gasteiger partial charge in [-0.25, -0.2) is 9.37 Å². The molecule has 0 aromatic carbocycles. The highest BCUT2D eigenvalue weighted by Crippen LogP contribution is 2.21. The number of rotatable bonds is 3. The number of likely N-dealkylation sites (N-methyl/N-ethyl adjacent to an activating group) is 2. The van der Waals surface area contributed by atoms with Gasteiger partial charge in [0.05, 0.1) is 18.8 Å². The molecule has 0 aliphatic carbocycles. The van der Waals surface area contributed by atoms with E-state index in [4.69, 9.17) is 4.74 Å². The van der Waals surface area contributed by atoms with Crippen molar-refractivity contribution in [1.29, 1.82) is 0 Å². The van der Waals surface area contributed by atoms with E-state index in [1.807, 2.05) is 25.3 Å². The predicted octanol–water partition coefficient (Wildman–Crippen LogP) is -0.0241. The molecule has 0 bridgehead atoms. The highest BCUT2D eigenvalue weighted by molar-refractivity contribution is 6.22. The summed E-state index contributed by atoms with van der Waals surface area (Å²) < 4.78 is 8.78. The first-order valence-corrected chi connectivity index (χ1v) is 8.09. The maximum Gasteiger partial charge on any atom is 0.421 e. The first-order chi connectivity index (χ1) is 11.8. The second-order valence-electron chi connectivity index (χ2n) is 6.31. The third-order valence-corrected chi connectivity index (χ3v) is 4.89. The highest BCUT2D eigenvalue weighted by atomic mass is 16.5. The fourth-order valence-electron chi connectivity index (χ4n) is 3.09. The molecule has 1 aromatic rings. The quantitative estimate of drug-likeness (QED) is 0.719. The number of methoxy groups -OCH3 is 1. The number of carbonyl (C=O) groups excluding carboxylic acids is 2. The Morgan fingerprint density at radius 1 is 1.16 bits per heavy atom. The van der Waals surface area contributed by atoms with E-state index in [9.17, 15) is 9.59 Å². The van der Waals surface area contributed by atoms with Crippen LogP contribution < -0.4 is 0 Å². The van der Waals surface area contributed by atoms with Crippen LogP contribution in [0.3, 0.4) is 0 Å². The SMILES string of the molecule is COCC[N+]1=C(n2nc(C)c(C)c2C)N=C2C1C(=O)N(C)C(=O)N2C. The second kappa shape index (κ2) is 6.07. The van der Waals surface area contributed by atoms with Crippen LogP contribution in [0.25, 0.3) is 0 Å². The first-order valence-electron chi connectivity index (χ1n) is 8.09. The van der Waals surface area contributed by atoms with Gasteiger partial charge in [-0.3, -0.25) is 14.6 Å². The van der Waals surface area contributed by atoms with Crippen molar-refractivity contribution in [2.24, 2.45) is 4.99 Å². The van der Waals surface area contributed by atoms with E-state index in [0.717, 1.165) is 21.9 Å². The third-order valence-electron chi connectivity index (χ3n) is 4.89. The number of aliphatic imine (C=N–C) groups is 1. The molecular formula is C16H23N6O3+. The zero-order chi connectivity index (χ0) is 18.5. The van der Waals surface area contributed by atoms with Crippen LogP contribution >= 0.6 is 0 Å². The highest BCUT2D eigenvalue weighted by Gasteiger charge is 2.52. The van der Waals surface area contributed by atoms with Crippen molar-refractivity contribution in [3.8, 4) is 0 Å². The Balaban J connectivity index is 2.17. The summed E-state index contributed by atoms with van der Waals surface area (Å²) in [7, 11) is 4.72. The van der Waals surface area contributed by atoms with Gasteiger partial charge in [0.1, 0.15) is 5.69 Å². The number of amidine groups is 1. The standard InChI is InChI=1S/C16H23N6O3/c1-9-10(2)18-22(11(9)3)15-17-13-12(21(15)7-8-25-6)14(23)20(5)16(24)19(13)4/h12H,7-8H2,1-6H3/q+1. The number of hydrogen-bond donors (Lipinski definition) is 0. The molecule has 0 radical (unpaired) electrons. The lowest BCUT2D eigenvalue weighted by atomic mass is 10.1. The van der Waals surface area contributed by atoms with Crippen molar-refractivity contribution in [3.63, 3.8) is 0 Å². The van der Waals surface area contributed by atoms with Gasteiger partial charge < -0.3 is 4.74 Å². The molecule has 3 amide bonds. The second-order valence-corrected chi connectivity index (χ2v) is 6.31. The maximum atomic E-state index is 12.7. The van der Waals surface area contributed by atoms with Gasteiger partial charge in [0.25, 0.3) is 5.91 Å². The molecule has 1 atom stereocenters. The fraction of sp³-hybridized carbons (Fsp3) is 0.562. The number of urea groups is 1. The largest absolute Gasteiger partial charge is 0.421 e. The predicted molar refractivity (Wildman–Crippen MR) is 91.0 cm³/mol. The van der Waals surface area contributed by atoms with E-state index in [0.29, 0.717) is 24.9 Å². The number of ether oxygens (including phenoxy) is 1. The van der Waals surface area contributed by atoms with Crippen molar-refractivity contribution in [2.75, 3.05) is 34.4 Å². The van der Waals surface area contributed by atoms with E-state index in [1.165, 1.54) is 11.9 Å². The summed E-state index contributed by atoms with van der Waals surface area (Å²) in [4.78, 5) is 32.1. The minimum absolute atomic E-state index is 0.300. The molecule has 0 N–H and O–H groups in total. The molecule has 2 aliphatic rings. The number of hydrogen-bond acceptors (Lipinski definition) is 5. The molecule has 1 fully saturated rings. The minimum atomic E-state index is -0.651. The fourth-order valence-corrected chi connectivity index (χ4v) is 3.09. The first kappa shape index (κ1) is 17.3. The maximum absolute atomic E-state index is 12.7. The van der Waals surface area contributed by atoms with E-state index < -0.39 is 12.1 Å². The molecule has 3 heterocycles. The number of fused-ring (bicyclic) bond motifs is 1. The van der Waals surface area contributed by atoms with Crippen molar-refractivity contribution in [2.45, 2.75) is 26.8 Å². The van der Waals surface area contributed by atoms with Crippen LogP contribution in [-0.2, 0) is 9.53 Å². The van der Waals surface area contributed by atoms with Crippen LogP contribution in [0.15, 0.2) is 4.99 Å². The lowest BCUT2D eigenvalue weighted by Crippen LogP contribution is -2.61. The molecule has 2 aliphatic heterocycles. The van der Waals surface area contributed by atoms with Gasteiger partial charge in [0.2, 0.25) is 11.9 Å². The third kappa shape index (κ3) is 2.46. The zero-order valence-corrected chi connectivity index (χ0v) is 15.4. The van der Waals surface area contributed by atoms with E-state index >= 15 is 0 Å². The van der Waals surface area contributed by atoms with E-state index in [2.05, 4.69) is 10.1 Å². The Morgan fingerprint density at radius 2 is 1.84 bits per heavy atom. The molecule has 9 nitrogen and oxygen atoms in total. The van der Waals surface area contributed by atoms with Gasteiger partial charge in [-0.15, -0.1) is 9.78 Å². The summed E-state index contributed by atoms with van der Waals surface area (Å²) in [6, 6.07) is -1.04. The van der Waals surface area contributed by atoms with Crippen LogP contribution in [0.4, 0.5) is 4.79 Å². The summed E-state index contributed by atoms with van der Waals surface area (Å²) in [5.41, 5.74) is 2.93. The molecule has 9 heteroatoms. The van der Waals surface area contributed by atoms with Gasteiger partial charge in [-0.2, -0.15) is 0 Å². The lowest BCUT2D eigenvalue weighted by molar-refractivity contribution is -0.539. The molecule has 3 rings (SSSR count). The van der Waals surface area contributed by atoms with Crippen LogP contribution in [0, 0.1) is 20.8 Å². The monoisotopic (exact) mass is 347 g/mol. The van der Waals surface area contributed by atoms with Gasteiger partial charge in [-0.05, 0) is 20.8 Å². The Bertz CT molecular complexity index is 822. The van der Waals surface area contributed by atoms with Gasteiger partial charge in [0.15, 0.2) is 0 Å². The van der Waals surface area contributed by atoms with Crippen molar-refractivity contribution < 1.29 is 18.9 Å². The smallest absolute Gasteiger partial charge is 0.381 e. The normalized spacial score (nSPS) is 20.6. The molecule has 1 saturated heterocycles. The number of aromatic nitrogens is 2. The van der Waals surface area contributed by atoms with E-state index in [1.54, 1.807) is 18.8 Å². The van der Waals surface area contributed by atoms with Crippen LogP contribution in [-0.4, -0.2) is 88.3 Å². The number of aryl methyl sites for hydroxylation is 1. The van der Waals surface area contributed by atoms with Crippen molar-refractivity contribution in [3.05, 3.63) is 17.0 Å². The van der Waals surface area contributed by atoms with Gasteiger partial charge in [0, 0.05) is 26.8 Å². The summed E-state index contributed by atoms with van der Waals surface area (Å²) >= 11 is 0. The molecule has 1 aromatic heterocycles.